The van der Waals surface area contributed by atoms with E-state index in [1.54, 1.807) is 11.8 Å². The number of nitrogens with zero attached hydrogens (tertiary/aromatic N) is 5. The first-order valence-electron chi connectivity index (χ1n) is 3.27. The molecule has 0 saturated carbocycles. The van der Waals surface area contributed by atoms with E-state index < -0.39 is 0 Å². The lowest BCUT2D eigenvalue weighted by Gasteiger charge is -1.88. The summed E-state index contributed by atoms with van der Waals surface area (Å²) in [7, 11) is 0. The van der Waals surface area contributed by atoms with Crippen LogP contribution in [0, 0.1) is 6.92 Å². The number of rotatable bonds is 4. The second-order valence-electron chi connectivity index (χ2n) is 1.91. The monoisotopic (exact) mass is 201 g/mol. The van der Waals surface area contributed by atoms with Crippen molar-refractivity contribution in [2.24, 2.45) is 5.11 Å². The van der Waals surface area contributed by atoms with E-state index in [1.807, 2.05) is 6.92 Å². The van der Waals surface area contributed by atoms with Crippen LogP contribution < -0.4 is 0 Å². The third-order valence-electron chi connectivity index (χ3n) is 0.989. The number of hydrogen-bond acceptors (Lipinski definition) is 5. The average molecular weight is 201 g/mol. The Balaban J connectivity index is 2.28. The molecule has 0 aliphatic heterocycles. The summed E-state index contributed by atoms with van der Waals surface area (Å²) in [6, 6.07) is 0. The fourth-order valence-electron chi connectivity index (χ4n) is 0.555. The van der Waals surface area contributed by atoms with Crippen LogP contribution >= 0.6 is 23.3 Å². The van der Waals surface area contributed by atoms with Gasteiger partial charge in [-0.1, -0.05) is 16.9 Å². The summed E-state index contributed by atoms with van der Waals surface area (Å²) in [6.07, 6.45) is 0. The summed E-state index contributed by atoms with van der Waals surface area (Å²) < 4.78 is 4.95. The molecule has 64 valence electrons. The average Bonchev–Trinajstić information content (AvgIpc) is 2.45. The van der Waals surface area contributed by atoms with Crippen molar-refractivity contribution in [3.05, 3.63) is 16.3 Å². The minimum Gasteiger partial charge on any atom is -0.213 e. The zero-order valence-corrected chi connectivity index (χ0v) is 8.10. The van der Waals surface area contributed by atoms with Gasteiger partial charge in [-0.05, 0) is 24.0 Å². The van der Waals surface area contributed by atoms with E-state index >= 15 is 0 Å². The van der Waals surface area contributed by atoms with Crippen LogP contribution in [0.25, 0.3) is 10.4 Å². The highest BCUT2D eigenvalue weighted by atomic mass is 32.2. The van der Waals surface area contributed by atoms with Gasteiger partial charge in [0.05, 0.1) is 0 Å². The molecule has 0 fully saturated rings. The summed E-state index contributed by atoms with van der Waals surface area (Å²) in [6.45, 7) is 2.35. The Morgan fingerprint density at radius 2 is 2.58 bits per heavy atom. The predicted octanol–water partition coefficient (Wildman–Crippen LogP) is 2.25. The molecule has 0 aliphatic carbocycles. The molecule has 1 heterocycles. The van der Waals surface area contributed by atoms with E-state index in [0.717, 1.165) is 15.9 Å². The van der Waals surface area contributed by atoms with E-state index in [9.17, 15) is 0 Å². The van der Waals surface area contributed by atoms with E-state index in [4.69, 9.17) is 5.53 Å². The smallest absolute Gasteiger partial charge is 0.170 e. The quantitative estimate of drug-likeness (QED) is 0.246. The molecule has 12 heavy (non-hydrogen) atoms. The summed E-state index contributed by atoms with van der Waals surface area (Å²) >= 11 is 2.94. The first kappa shape index (κ1) is 9.31. The molecule has 0 radical (unpaired) electrons. The minimum absolute atomic E-state index is 0.500. The van der Waals surface area contributed by atoms with Gasteiger partial charge in [-0.2, -0.15) is 4.37 Å². The van der Waals surface area contributed by atoms with Gasteiger partial charge in [0.2, 0.25) is 0 Å². The van der Waals surface area contributed by atoms with Crippen LogP contribution in [-0.2, 0) is 0 Å². The Morgan fingerprint density at radius 1 is 1.75 bits per heavy atom. The van der Waals surface area contributed by atoms with Gasteiger partial charge in [0.1, 0.15) is 5.82 Å². The molecule has 1 aromatic heterocycles. The van der Waals surface area contributed by atoms with Gasteiger partial charge in [0.25, 0.3) is 0 Å². The normalized spacial score (nSPS) is 9.42. The van der Waals surface area contributed by atoms with Crippen molar-refractivity contribution in [2.45, 2.75) is 11.3 Å². The molecule has 5 nitrogen and oxygen atoms in total. The van der Waals surface area contributed by atoms with Gasteiger partial charge in [0, 0.05) is 17.2 Å². The molecule has 1 aromatic rings. The SMILES string of the molecule is Cc1nsc(SCCN=[N+]=[N-])n1. The van der Waals surface area contributed by atoms with E-state index in [2.05, 4.69) is 19.4 Å². The molecule has 7 heteroatoms. The lowest BCUT2D eigenvalue weighted by Crippen LogP contribution is -1.82. The largest absolute Gasteiger partial charge is 0.213 e. The van der Waals surface area contributed by atoms with Crippen LogP contribution in [0.15, 0.2) is 9.45 Å². The molecule has 0 N–H and O–H groups in total. The fourth-order valence-corrected chi connectivity index (χ4v) is 2.10. The molecular formula is C5H7N5S2. The Bertz CT molecular complexity index is 290. The van der Waals surface area contributed by atoms with Crippen LogP contribution in [0.2, 0.25) is 0 Å². The summed E-state index contributed by atoms with van der Waals surface area (Å²) in [5, 5.41) is 3.41. The van der Waals surface area contributed by atoms with E-state index in [-0.39, 0.29) is 0 Å². The van der Waals surface area contributed by atoms with Crippen molar-refractivity contribution in [3.8, 4) is 0 Å². The zero-order valence-electron chi connectivity index (χ0n) is 6.47. The zero-order chi connectivity index (χ0) is 8.81. The third-order valence-corrected chi connectivity index (χ3v) is 2.89. The molecule has 0 bridgehead atoms. The highest BCUT2D eigenvalue weighted by Gasteiger charge is 1.98. The first-order valence-corrected chi connectivity index (χ1v) is 5.03. The topological polar surface area (TPSA) is 74.5 Å². The second kappa shape index (κ2) is 4.97. The van der Waals surface area contributed by atoms with Gasteiger partial charge in [0.15, 0.2) is 4.34 Å². The maximum absolute atomic E-state index is 7.99. The summed E-state index contributed by atoms with van der Waals surface area (Å²) in [5.41, 5.74) is 7.99. The first-order chi connectivity index (χ1) is 5.83. The van der Waals surface area contributed by atoms with Gasteiger partial charge >= 0.3 is 0 Å². The van der Waals surface area contributed by atoms with Crippen molar-refractivity contribution in [3.63, 3.8) is 0 Å². The molecule has 1 rings (SSSR count). The van der Waals surface area contributed by atoms with Crippen LogP contribution in [-0.4, -0.2) is 21.7 Å². The molecule has 0 spiro atoms. The van der Waals surface area contributed by atoms with Gasteiger partial charge in [-0.15, -0.1) is 0 Å². The number of azide groups is 1. The minimum atomic E-state index is 0.500. The number of aromatic nitrogens is 2. The van der Waals surface area contributed by atoms with E-state index in [0.29, 0.717) is 6.54 Å². The highest BCUT2D eigenvalue weighted by Crippen LogP contribution is 2.19. The molecule has 0 saturated heterocycles. The maximum Gasteiger partial charge on any atom is 0.170 e. The van der Waals surface area contributed by atoms with Gasteiger partial charge in [-0.3, -0.25) is 0 Å². The molecule has 0 aromatic carbocycles. The Hall–Kier alpha value is -0.780. The van der Waals surface area contributed by atoms with E-state index in [1.165, 1.54) is 11.5 Å². The molecule has 0 unspecified atom stereocenters. The van der Waals surface area contributed by atoms with Crippen molar-refractivity contribution < 1.29 is 0 Å². The Kier molecular flexibility index (Phi) is 3.86. The standard InChI is InChI=1S/C5H7N5S2/c1-4-8-5(12-9-4)11-3-2-7-10-6/h2-3H2,1H3. The maximum atomic E-state index is 7.99. The van der Waals surface area contributed by atoms with Crippen molar-refractivity contribution in [1.82, 2.24) is 9.36 Å². The Morgan fingerprint density at radius 3 is 3.17 bits per heavy atom. The number of thioether (sulfide) groups is 1. The second-order valence-corrected chi connectivity index (χ2v) is 4.00. The van der Waals surface area contributed by atoms with Gasteiger partial charge in [-0.25, -0.2) is 4.98 Å². The molecule has 0 atom stereocenters. The van der Waals surface area contributed by atoms with Gasteiger partial charge < -0.3 is 0 Å². The third kappa shape index (κ3) is 3.08. The summed E-state index contributed by atoms with van der Waals surface area (Å²) in [4.78, 5) is 6.80. The number of aryl methyl sites for hydroxylation is 1. The van der Waals surface area contributed by atoms with Crippen LogP contribution in [0.4, 0.5) is 0 Å². The lowest BCUT2D eigenvalue weighted by molar-refractivity contribution is 1.09. The van der Waals surface area contributed by atoms with Crippen molar-refractivity contribution in [2.75, 3.05) is 12.3 Å². The predicted molar refractivity (Wildman–Crippen MR) is 49.4 cm³/mol. The Labute approximate surface area is 78.0 Å². The highest BCUT2D eigenvalue weighted by molar-refractivity contribution is 8.00. The van der Waals surface area contributed by atoms with Crippen LogP contribution in [0.1, 0.15) is 5.82 Å². The van der Waals surface area contributed by atoms with Crippen molar-refractivity contribution >= 4 is 23.3 Å². The number of hydrogen-bond donors (Lipinski definition) is 0. The van der Waals surface area contributed by atoms with Crippen molar-refractivity contribution in [1.29, 1.82) is 0 Å². The van der Waals surface area contributed by atoms with Crippen LogP contribution in [0.3, 0.4) is 0 Å². The summed E-state index contributed by atoms with van der Waals surface area (Å²) in [5.74, 6) is 1.56. The van der Waals surface area contributed by atoms with Crippen LogP contribution in [0.5, 0.6) is 0 Å². The molecule has 0 amide bonds. The fraction of sp³-hybridized carbons (Fsp3) is 0.600. The molecular weight excluding hydrogens is 194 g/mol. The lowest BCUT2D eigenvalue weighted by atomic mass is 10.8. The molecule has 0 aliphatic rings.